The van der Waals surface area contributed by atoms with E-state index < -0.39 is 0 Å². The summed E-state index contributed by atoms with van der Waals surface area (Å²) in [6.07, 6.45) is 13.8. The minimum Gasteiger partial charge on any atom is -0.387 e. The highest BCUT2D eigenvalue weighted by atomic mass is 14.9. The molecule has 0 aromatic carbocycles. The van der Waals surface area contributed by atoms with Crippen molar-refractivity contribution in [3.05, 3.63) is 48.1 Å². The van der Waals surface area contributed by atoms with Crippen molar-refractivity contribution >= 4 is 11.7 Å². The Bertz CT molecular complexity index is 382. The molecule has 0 heterocycles. The highest BCUT2D eigenvalue weighted by Gasteiger charge is 1.99. The fraction of sp³-hybridized carbons (Fsp3) is 0.286. The number of rotatable bonds is 5. The van der Waals surface area contributed by atoms with Gasteiger partial charge in [-0.25, -0.2) is 4.99 Å². The predicted octanol–water partition coefficient (Wildman–Crippen LogP) is 3.37. The van der Waals surface area contributed by atoms with Gasteiger partial charge in [0.25, 0.3) is 0 Å². The van der Waals surface area contributed by atoms with Crippen molar-refractivity contribution in [2.24, 2.45) is 10.7 Å². The zero-order chi connectivity index (χ0) is 13.1. The van der Waals surface area contributed by atoms with Crippen LogP contribution in [0.3, 0.4) is 0 Å². The lowest BCUT2D eigenvalue weighted by Gasteiger charge is -2.00. The molecule has 0 unspecified atom stereocenters. The van der Waals surface area contributed by atoms with Gasteiger partial charge in [-0.2, -0.15) is 0 Å². The molecule has 17 heavy (non-hydrogen) atoms. The first-order valence-electron chi connectivity index (χ1n) is 5.64. The Kier molecular flexibility index (Phi) is 8.29. The fourth-order valence-corrected chi connectivity index (χ4v) is 1.12. The number of hydrogen-bond donors (Lipinski definition) is 2. The van der Waals surface area contributed by atoms with Crippen molar-refractivity contribution in [2.75, 3.05) is 0 Å². The molecule has 0 saturated heterocycles. The Labute approximate surface area is 104 Å². The van der Waals surface area contributed by atoms with Crippen molar-refractivity contribution < 1.29 is 0 Å². The molecule has 3 heteroatoms. The number of nitrogens with zero attached hydrogens (tertiary/aromatic N) is 1. The van der Waals surface area contributed by atoms with Crippen LogP contribution in [-0.2, 0) is 0 Å². The van der Waals surface area contributed by atoms with Crippen LogP contribution in [-0.4, -0.2) is 11.7 Å². The smallest absolute Gasteiger partial charge is 0.153 e. The summed E-state index contributed by atoms with van der Waals surface area (Å²) >= 11 is 0. The summed E-state index contributed by atoms with van der Waals surface area (Å²) in [6.45, 7) is 5.73. The highest BCUT2D eigenvalue weighted by Crippen LogP contribution is 2.01. The Morgan fingerprint density at radius 3 is 2.41 bits per heavy atom. The van der Waals surface area contributed by atoms with E-state index in [1.807, 2.05) is 63.3 Å². The van der Waals surface area contributed by atoms with Crippen LogP contribution in [0.4, 0.5) is 0 Å². The lowest BCUT2D eigenvalue weighted by molar-refractivity contribution is 1.34. The third kappa shape index (κ3) is 7.06. The zero-order valence-corrected chi connectivity index (χ0v) is 10.8. The van der Waals surface area contributed by atoms with E-state index in [4.69, 9.17) is 11.1 Å². The number of amidine groups is 2. The van der Waals surface area contributed by atoms with Crippen molar-refractivity contribution in [1.82, 2.24) is 0 Å². The first kappa shape index (κ1) is 15.1. The average molecular weight is 231 g/mol. The maximum absolute atomic E-state index is 7.77. The van der Waals surface area contributed by atoms with E-state index in [9.17, 15) is 0 Å². The zero-order valence-electron chi connectivity index (χ0n) is 10.8. The van der Waals surface area contributed by atoms with E-state index >= 15 is 0 Å². The summed E-state index contributed by atoms with van der Waals surface area (Å²) in [5, 5.41) is 7.77. The van der Waals surface area contributed by atoms with E-state index in [0.29, 0.717) is 12.3 Å². The summed E-state index contributed by atoms with van der Waals surface area (Å²) in [6, 6.07) is 0. The van der Waals surface area contributed by atoms with Crippen molar-refractivity contribution in [3.63, 3.8) is 0 Å². The molecule has 0 amide bonds. The van der Waals surface area contributed by atoms with Crippen LogP contribution in [0.25, 0.3) is 0 Å². The first-order valence-corrected chi connectivity index (χ1v) is 5.64. The van der Waals surface area contributed by atoms with Gasteiger partial charge in [0.15, 0.2) is 5.84 Å². The number of hydrogen-bond acceptors (Lipinski definition) is 1. The SMILES string of the molecule is C/C=C\C=C/CC(N)=NC(=N)C(/C=C\C)=C/C. The van der Waals surface area contributed by atoms with Gasteiger partial charge in [-0.15, -0.1) is 0 Å². The van der Waals surface area contributed by atoms with E-state index in [0.717, 1.165) is 5.57 Å². The molecule has 0 bridgehead atoms. The second kappa shape index (κ2) is 9.33. The molecule has 92 valence electrons. The van der Waals surface area contributed by atoms with E-state index in [1.165, 1.54) is 0 Å². The first-order chi connectivity index (χ1) is 8.15. The predicted molar refractivity (Wildman–Crippen MR) is 76.5 cm³/mol. The standard InChI is InChI=1S/C14H21N3/c1-4-7-8-9-11-13(15)17-14(16)12(6-3)10-5-2/h4-10H,11H2,1-3H3,(H3,15,16,17)/b7-4-,9-8-,10-5-,12-6+. The number of nitrogens with two attached hydrogens (primary N) is 1. The average Bonchev–Trinajstić information content (AvgIpc) is 2.31. The molecule has 3 nitrogen and oxygen atoms in total. The topological polar surface area (TPSA) is 62.2 Å². The van der Waals surface area contributed by atoms with Crippen LogP contribution >= 0.6 is 0 Å². The molecule has 0 saturated carbocycles. The number of aliphatic imine (C=N–C) groups is 1. The number of allylic oxidation sites excluding steroid dienone is 5. The molecule has 0 atom stereocenters. The van der Waals surface area contributed by atoms with Crippen LogP contribution in [0, 0.1) is 5.41 Å². The molecule has 0 spiro atoms. The van der Waals surface area contributed by atoms with Gasteiger partial charge in [0.05, 0.1) is 0 Å². The van der Waals surface area contributed by atoms with Crippen LogP contribution < -0.4 is 5.73 Å². The van der Waals surface area contributed by atoms with E-state index in [-0.39, 0.29) is 5.84 Å². The van der Waals surface area contributed by atoms with Crippen LogP contribution in [0.2, 0.25) is 0 Å². The largest absolute Gasteiger partial charge is 0.387 e. The minimum absolute atomic E-state index is 0.197. The summed E-state index contributed by atoms with van der Waals surface area (Å²) in [4.78, 5) is 4.05. The molecule has 0 rings (SSSR count). The van der Waals surface area contributed by atoms with Gasteiger partial charge < -0.3 is 5.73 Å². The normalized spacial score (nSPS) is 14.3. The Balaban J connectivity index is 4.52. The summed E-state index contributed by atoms with van der Waals surface area (Å²) < 4.78 is 0. The van der Waals surface area contributed by atoms with Gasteiger partial charge in [-0.05, 0) is 20.8 Å². The maximum Gasteiger partial charge on any atom is 0.153 e. The molecule has 0 aliphatic rings. The van der Waals surface area contributed by atoms with Gasteiger partial charge in [-0.3, -0.25) is 5.41 Å². The fourth-order valence-electron chi connectivity index (χ4n) is 1.12. The number of nitrogens with one attached hydrogen (secondary N) is 1. The molecule has 3 N–H and O–H groups in total. The Morgan fingerprint density at radius 1 is 1.18 bits per heavy atom. The Morgan fingerprint density at radius 2 is 1.88 bits per heavy atom. The maximum atomic E-state index is 7.77. The van der Waals surface area contributed by atoms with Crippen molar-refractivity contribution in [3.8, 4) is 0 Å². The monoisotopic (exact) mass is 231 g/mol. The third-order valence-electron chi connectivity index (χ3n) is 1.95. The second-order valence-electron chi connectivity index (χ2n) is 3.35. The molecular formula is C14H21N3. The van der Waals surface area contributed by atoms with Crippen LogP contribution in [0.5, 0.6) is 0 Å². The molecule has 0 radical (unpaired) electrons. The summed E-state index contributed by atoms with van der Waals surface area (Å²) in [5.41, 5.74) is 6.50. The van der Waals surface area contributed by atoms with Gasteiger partial charge >= 0.3 is 0 Å². The molecule has 0 aromatic heterocycles. The van der Waals surface area contributed by atoms with Crippen LogP contribution in [0.15, 0.2) is 53.1 Å². The Hall–Kier alpha value is -1.90. The highest BCUT2D eigenvalue weighted by molar-refractivity contribution is 6.05. The lowest BCUT2D eigenvalue weighted by atomic mass is 10.2. The molecule has 0 aliphatic carbocycles. The van der Waals surface area contributed by atoms with Crippen molar-refractivity contribution in [2.45, 2.75) is 27.2 Å². The summed E-state index contributed by atoms with van der Waals surface area (Å²) in [7, 11) is 0. The van der Waals surface area contributed by atoms with Gasteiger partial charge in [0.2, 0.25) is 0 Å². The lowest BCUT2D eigenvalue weighted by Crippen LogP contribution is -2.13. The van der Waals surface area contributed by atoms with E-state index in [1.54, 1.807) is 0 Å². The minimum atomic E-state index is 0.197. The van der Waals surface area contributed by atoms with E-state index in [2.05, 4.69) is 4.99 Å². The van der Waals surface area contributed by atoms with Crippen LogP contribution in [0.1, 0.15) is 27.2 Å². The quantitative estimate of drug-likeness (QED) is 0.425. The van der Waals surface area contributed by atoms with Gasteiger partial charge in [0.1, 0.15) is 5.84 Å². The van der Waals surface area contributed by atoms with Gasteiger partial charge in [-0.1, -0.05) is 42.5 Å². The third-order valence-corrected chi connectivity index (χ3v) is 1.95. The summed E-state index contributed by atoms with van der Waals surface area (Å²) in [5.74, 6) is 0.641. The van der Waals surface area contributed by atoms with Gasteiger partial charge in [0, 0.05) is 12.0 Å². The second-order valence-corrected chi connectivity index (χ2v) is 3.35. The molecule has 0 aliphatic heterocycles. The molecule has 0 aromatic rings. The molecule has 0 fully saturated rings. The van der Waals surface area contributed by atoms with Crippen molar-refractivity contribution in [1.29, 1.82) is 5.41 Å². The molecular weight excluding hydrogens is 210 g/mol.